The van der Waals surface area contributed by atoms with Gasteiger partial charge in [0.25, 0.3) is 0 Å². The van der Waals surface area contributed by atoms with E-state index in [4.69, 9.17) is 16.2 Å². The summed E-state index contributed by atoms with van der Waals surface area (Å²) >= 11 is 1.64. The van der Waals surface area contributed by atoms with Gasteiger partial charge in [-0.3, -0.25) is 4.79 Å². The van der Waals surface area contributed by atoms with Crippen molar-refractivity contribution in [3.05, 3.63) is 30.2 Å². The van der Waals surface area contributed by atoms with Gasteiger partial charge in [-0.25, -0.2) is 13.7 Å². The molecule has 1 fully saturated rings. The standard InChI is InChI=1S/C16H23FN4O2S/c17-8-13(9-18)11-23-16-2-1-14(10-20-16)24-21-5-3-12(4-6-21)7-15(19)22/h1-2,8,10,12H,3-7,9,11,18H2,(H2,19,22)/b13-8-. The predicted molar refractivity (Wildman–Crippen MR) is 91.9 cm³/mol. The van der Waals surface area contributed by atoms with Gasteiger partial charge >= 0.3 is 0 Å². The van der Waals surface area contributed by atoms with Crippen LogP contribution in [0.15, 0.2) is 35.1 Å². The Balaban J connectivity index is 1.77. The van der Waals surface area contributed by atoms with E-state index in [2.05, 4.69) is 9.29 Å². The van der Waals surface area contributed by atoms with E-state index in [-0.39, 0.29) is 19.1 Å². The summed E-state index contributed by atoms with van der Waals surface area (Å²) in [7, 11) is 0. The normalized spacial score (nSPS) is 17.0. The number of carbonyl (C=O) groups excluding carboxylic acids is 1. The number of amides is 1. The molecular formula is C16H23FN4O2S. The van der Waals surface area contributed by atoms with Crippen LogP contribution in [0, 0.1) is 5.92 Å². The highest BCUT2D eigenvalue weighted by Crippen LogP contribution is 2.29. The van der Waals surface area contributed by atoms with Crippen molar-refractivity contribution in [1.29, 1.82) is 0 Å². The number of hydrogen-bond donors (Lipinski definition) is 2. The number of piperidine rings is 1. The van der Waals surface area contributed by atoms with Crippen LogP contribution >= 0.6 is 11.9 Å². The first-order chi connectivity index (χ1) is 11.6. The van der Waals surface area contributed by atoms with Crippen LogP contribution in [0.5, 0.6) is 5.88 Å². The third-order valence-corrected chi connectivity index (χ3v) is 4.90. The number of halogens is 1. The SMILES string of the molecule is NC/C(=C/F)COc1ccc(SN2CCC(CC(N)=O)CC2)cn1. The number of aromatic nitrogens is 1. The molecule has 24 heavy (non-hydrogen) atoms. The molecule has 1 aliphatic heterocycles. The molecule has 4 N–H and O–H groups in total. The van der Waals surface area contributed by atoms with Gasteiger partial charge in [0.1, 0.15) is 6.61 Å². The van der Waals surface area contributed by atoms with Crippen LogP contribution in [0.1, 0.15) is 19.3 Å². The lowest BCUT2D eigenvalue weighted by atomic mass is 9.94. The van der Waals surface area contributed by atoms with Crippen LogP contribution in [-0.2, 0) is 4.79 Å². The van der Waals surface area contributed by atoms with Crippen molar-refractivity contribution in [1.82, 2.24) is 9.29 Å². The Morgan fingerprint density at radius 1 is 1.46 bits per heavy atom. The molecule has 8 heteroatoms. The topological polar surface area (TPSA) is 94.5 Å². The average molecular weight is 354 g/mol. The number of nitrogens with two attached hydrogens (primary N) is 2. The summed E-state index contributed by atoms with van der Waals surface area (Å²) in [6.45, 7) is 2.06. The average Bonchev–Trinajstić information content (AvgIpc) is 2.58. The van der Waals surface area contributed by atoms with E-state index in [1.807, 2.05) is 6.07 Å². The summed E-state index contributed by atoms with van der Waals surface area (Å²) in [5.41, 5.74) is 11.0. The highest BCUT2D eigenvalue weighted by atomic mass is 32.2. The molecule has 0 atom stereocenters. The lowest BCUT2D eigenvalue weighted by Gasteiger charge is -2.30. The molecule has 1 amide bonds. The highest BCUT2D eigenvalue weighted by Gasteiger charge is 2.21. The number of rotatable bonds is 8. The van der Waals surface area contributed by atoms with E-state index in [0.29, 0.717) is 30.1 Å². The molecule has 2 rings (SSSR count). The monoisotopic (exact) mass is 354 g/mol. The Kier molecular flexibility index (Phi) is 7.48. The van der Waals surface area contributed by atoms with Crippen molar-refractivity contribution in [3.8, 4) is 5.88 Å². The maximum atomic E-state index is 12.4. The molecule has 0 radical (unpaired) electrons. The fourth-order valence-electron chi connectivity index (χ4n) is 2.45. The Morgan fingerprint density at radius 2 is 2.21 bits per heavy atom. The first-order valence-corrected chi connectivity index (χ1v) is 8.66. The van der Waals surface area contributed by atoms with E-state index in [1.54, 1.807) is 24.2 Å². The molecule has 2 heterocycles. The maximum absolute atomic E-state index is 12.4. The summed E-state index contributed by atoms with van der Waals surface area (Å²) in [5.74, 6) is 0.613. The molecular weight excluding hydrogens is 331 g/mol. The minimum Gasteiger partial charge on any atom is -0.473 e. The molecule has 0 unspecified atom stereocenters. The van der Waals surface area contributed by atoms with Gasteiger partial charge in [0, 0.05) is 48.8 Å². The molecule has 1 aliphatic rings. The molecule has 0 spiro atoms. The Hall–Kier alpha value is -1.64. The van der Waals surface area contributed by atoms with E-state index >= 15 is 0 Å². The van der Waals surface area contributed by atoms with Crippen molar-refractivity contribution in [3.63, 3.8) is 0 Å². The quantitative estimate of drug-likeness (QED) is 0.692. The molecule has 0 aromatic carbocycles. The van der Waals surface area contributed by atoms with Crippen LogP contribution in [0.4, 0.5) is 4.39 Å². The van der Waals surface area contributed by atoms with Crippen LogP contribution in [0.2, 0.25) is 0 Å². The largest absolute Gasteiger partial charge is 0.473 e. The number of hydrogen-bond acceptors (Lipinski definition) is 6. The minimum absolute atomic E-state index is 0.0971. The van der Waals surface area contributed by atoms with Crippen molar-refractivity contribution >= 4 is 17.9 Å². The molecule has 132 valence electrons. The first kappa shape index (κ1) is 18.7. The van der Waals surface area contributed by atoms with Gasteiger partial charge in [0.05, 0.1) is 6.33 Å². The Bertz CT molecular complexity index is 560. The van der Waals surface area contributed by atoms with Gasteiger partial charge in [0.15, 0.2) is 0 Å². The zero-order valence-corrected chi connectivity index (χ0v) is 14.3. The Morgan fingerprint density at radius 3 is 2.75 bits per heavy atom. The van der Waals surface area contributed by atoms with E-state index < -0.39 is 0 Å². The van der Waals surface area contributed by atoms with Crippen LogP contribution < -0.4 is 16.2 Å². The first-order valence-electron chi connectivity index (χ1n) is 7.89. The minimum atomic E-state index is -0.221. The number of ether oxygens (including phenoxy) is 1. The molecule has 1 aromatic heterocycles. The lowest BCUT2D eigenvalue weighted by molar-refractivity contribution is -0.119. The Labute approximate surface area is 145 Å². The zero-order chi connectivity index (χ0) is 17.4. The summed E-state index contributed by atoms with van der Waals surface area (Å²) < 4.78 is 20.0. The second kappa shape index (κ2) is 9.61. The van der Waals surface area contributed by atoms with Gasteiger partial charge in [-0.05, 0) is 36.8 Å². The summed E-state index contributed by atoms with van der Waals surface area (Å²) in [5, 5.41) is 0. The van der Waals surface area contributed by atoms with Gasteiger partial charge in [0.2, 0.25) is 11.8 Å². The molecule has 1 aromatic rings. The van der Waals surface area contributed by atoms with Crippen molar-refractivity contribution in [2.45, 2.75) is 24.2 Å². The smallest absolute Gasteiger partial charge is 0.217 e. The second-order valence-electron chi connectivity index (χ2n) is 5.73. The van der Waals surface area contributed by atoms with Crippen LogP contribution in [-0.4, -0.2) is 41.4 Å². The molecule has 1 saturated heterocycles. The van der Waals surface area contributed by atoms with E-state index in [0.717, 1.165) is 30.8 Å². The third kappa shape index (κ3) is 6.10. The molecule has 0 saturated carbocycles. The summed E-state index contributed by atoms with van der Waals surface area (Å²) in [6.07, 6.45) is 4.62. The number of carbonyl (C=O) groups is 1. The number of nitrogens with zero attached hydrogens (tertiary/aromatic N) is 2. The zero-order valence-electron chi connectivity index (χ0n) is 13.5. The van der Waals surface area contributed by atoms with Crippen LogP contribution in [0.25, 0.3) is 0 Å². The van der Waals surface area contributed by atoms with Crippen molar-refractivity contribution < 1.29 is 13.9 Å². The van der Waals surface area contributed by atoms with E-state index in [1.165, 1.54) is 0 Å². The molecule has 0 aliphatic carbocycles. The molecule has 0 bridgehead atoms. The fourth-order valence-corrected chi connectivity index (χ4v) is 3.37. The van der Waals surface area contributed by atoms with Gasteiger partial charge in [-0.2, -0.15) is 0 Å². The second-order valence-corrected chi connectivity index (χ2v) is 6.90. The van der Waals surface area contributed by atoms with Crippen LogP contribution in [0.3, 0.4) is 0 Å². The molecule has 6 nitrogen and oxygen atoms in total. The van der Waals surface area contributed by atoms with Gasteiger partial charge in [-0.1, -0.05) is 0 Å². The highest BCUT2D eigenvalue weighted by molar-refractivity contribution is 7.97. The summed E-state index contributed by atoms with van der Waals surface area (Å²) in [6, 6.07) is 3.68. The third-order valence-electron chi connectivity index (χ3n) is 3.83. The maximum Gasteiger partial charge on any atom is 0.217 e. The van der Waals surface area contributed by atoms with Crippen molar-refractivity contribution in [2.24, 2.45) is 17.4 Å². The fraction of sp³-hybridized carbons (Fsp3) is 0.500. The van der Waals surface area contributed by atoms with Gasteiger partial charge < -0.3 is 16.2 Å². The summed E-state index contributed by atoms with van der Waals surface area (Å²) in [4.78, 5) is 16.2. The van der Waals surface area contributed by atoms with E-state index in [9.17, 15) is 9.18 Å². The van der Waals surface area contributed by atoms with Gasteiger partial charge in [-0.15, -0.1) is 0 Å². The number of pyridine rings is 1. The number of primary amides is 1. The van der Waals surface area contributed by atoms with Crippen molar-refractivity contribution in [2.75, 3.05) is 26.2 Å². The predicted octanol–water partition coefficient (Wildman–Crippen LogP) is 1.87. The lowest BCUT2D eigenvalue weighted by Crippen LogP contribution is -2.30.